The SMILES string of the molecule is CCNC(Cc1ccc(Br)s1)C1(C)CCCCC1. The molecule has 1 heterocycles. The van der Waals surface area contributed by atoms with E-state index in [4.69, 9.17) is 0 Å². The average molecular weight is 330 g/mol. The summed E-state index contributed by atoms with van der Waals surface area (Å²) in [5.41, 5.74) is 0.491. The third-order valence-corrected chi connectivity index (χ3v) is 5.97. The lowest BCUT2D eigenvalue weighted by molar-refractivity contribution is 0.145. The molecule has 1 aromatic rings. The molecule has 1 atom stereocenters. The lowest BCUT2D eigenvalue weighted by atomic mass is 9.69. The monoisotopic (exact) mass is 329 g/mol. The average Bonchev–Trinajstić information content (AvgIpc) is 2.75. The van der Waals surface area contributed by atoms with Gasteiger partial charge in [-0.15, -0.1) is 11.3 Å². The van der Waals surface area contributed by atoms with E-state index in [1.54, 1.807) is 0 Å². The van der Waals surface area contributed by atoms with E-state index in [1.165, 1.54) is 47.2 Å². The molecule has 0 bridgehead atoms. The summed E-state index contributed by atoms with van der Waals surface area (Å²) in [6.07, 6.45) is 8.20. The molecule has 1 N–H and O–H groups in total. The van der Waals surface area contributed by atoms with Crippen LogP contribution in [0.1, 0.15) is 50.8 Å². The van der Waals surface area contributed by atoms with Gasteiger partial charge in [-0.2, -0.15) is 0 Å². The number of halogens is 1. The Morgan fingerprint density at radius 3 is 2.61 bits per heavy atom. The zero-order chi connectivity index (χ0) is 13.0. The number of nitrogens with one attached hydrogen (secondary N) is 1. The maximum absolute atomic E-state index is 3.74. The maximum atomic E-state index is 3.74. The van der Waals surface area contributed by atoms with E-state index in [1.807, 2.05) is 11.3 Å². The smallest absolute Gasteiger partial charge is 0.0701 e. The summed E-state index contributed by atoms with van der Waals surface area (Å²) >= 11 is 5.45. The second-order valence-corrected chi connectivity index (χ2v) is 8.28. The Morgan fingerprint density at radius 2 is 2.06 bits per heavy atom. The van der Waals surface area contributed by atoms with Crippen LogP contribution < -0.4 is 5.32 Å². The van der Waals surface area contributed by atoms with Crippen LogP contribution in [-0.4, -0.2) is 12.6 Å². The van der Waals surface area contributed by atoms with Crippen LogP contribution in [-0.2, 0) is 6.42 Å². The van der Waals surface area contributed by atoms with Gasteiger partial charge in [0.2, 0.25) is 0 Å². The van der Waals surface area contributed by atoms with Gasteiger partial charge in [0.1, 0.15) is 0 Å². The fourth-order valence-electron chi connectivity index (χ4n) is 3.18. The predicted octanol–water partition coefficient (Wildman–Crippen LogP) is 5.00. The molecular weight excluding hydrogens is 306 g/mol. The lowest BCUT2D eigenvalue weighted by Crippen LogP contribution is -2.46. The number of likely N-dealkylation sites (N-methyl/N-ethyl adjacent to an activating group) is 1. The number of thiophene rings is 1. The van der Waals surface area contributed by atoms with E-state index < -0.39 is 0 Å². The molecule has 1 unspecified atom stereocenters. The molecule has 1 aliphatic rings. The largest absolute Gasteiger partial charge is 0.313 e. The Hall–Kier alpha value is 0.140. The van der Waals surface area contributed by atoms with Gasteiger partial charge in [-0.3, -0.25) is 0 Å². The molecule has 1 aromatic heterocycles. The van der Waals surface area contributed by atoms with Gasteiger partial charge in [0.05, 0.1) is 3.79 Å². The first-order valence-electron chi connectivity index (χ1n) is 7.11. The molecule has 102 valence electrons. The summed E-state index contributed by atoms with van der Waals surface area (Å²) in [6, 6.07) is 5.07. The molecule has 1 aliphatic carbocycles. The third-order valence-electron chi connectivity index (χ3n) is 4.32. The Bertz CT molecular complexity index is 368. The molecule has 0 spiro atoms. The molecule has 0 saturated heterocycles. The summed E-state index contributed by atoms with van der Waals surface area (Å²) in [6.45, 7) is 5.79. The number of hydrogen-bond donors (Lipinski definition) is 1. The number of rotatable bonds is 5. The highest BCUT2D eigenvalue weighted by molar-refractivity contribution is 9.11. The van der Waals surface area contributed by atoms with Crippen molar-refractivity contribution in [2.75, 3.05) is 6.54 Å². The standard InChI is InChI=1S/C15H24BrNS/c1-3-17-13(11-12-7-8-14(16)18-12)15(2)9-5-4-6-10-15/h7-8,13,17H,3-6,9-11H2,1-2H3. The van der Waals surface area contributed by atoms with E-state index in [2.05, 4.69) is 47.2 Å². The summed E-state index contributed by atoms with van der Waals surface area (Å²) in [5, 5.41) is 3.74. The predicted molar refractivity (Wildman–Crippen MR) is 84.4 cm³/mol. The third kappa shape index (κ3) is 3.58. The van der Waals surface area contributed by atoms with Crippen LogP contribution in [0.25, 0.3) is 0 Å². The van der Waals surface area contributed by atoms with Gasteiger partial charge in [-0.1, -0.05) is 33.1 Å². The zero-order valence-corrected chi connectivity index (χ0v) is 13.9. The second-order valence-electron chi connectivity index (χ2n) is 5.73. The van der Waals surface area contributed by atoms with E-state index in [0.717, 1.165) is 6.54 Å². The van der Waals surface area contributed by atoms with Crippen molar-refractivity contribution in [1.82, 2.24) is 5.32 Å². The van der Waals surface area contributed by atoms with E-state index >= 15 is 0 Å². The van der Waals surface area contributed by atoms with Crippen LogP contribution >= 0.6 is 27.3 Å². The Balaban J connectivity index is 2.06. The van der Waals surface area contributed by atoms with Gasteiger partial charge >= 0.3 is 0 Å². The molecule has 18 heavy (non-hydrogen) atoms. The molecular formula is C15H24BrNS. The Morgan fingerprint density at radius 1 is 1.33 bits per heavy atom. The van der Waals surface area contributed by atoms with Crippen molar-refractivity contribution in [3.8, 4) is 0 Å². The fourth-order valence-corrected chi connectivity index (χ4v) is 4.71. The van der Waals surface area contributed by atoms with Crippen LogP contribution in [0, 0.1) is 5.41 Å². The van der Waals surface area contributed by atoms with Crippen LogP contribution in [0.5, 0.6) is 0 Å². The van der Waals surface area contributed by atoms with Crippen molar-refractivity contribution in [1.29, 1.82) is 0 Å². The highest BCUT2D eigenvalue weighted by atomic mass is 79.9. The molecule has 1 nitrogen and oxygen atoms in total. The molecule has 1 saturated carbocycles. The van der Waals surface area contributed by atoms with E-state index in [9.17, 15) is 0 Å². The van der Waals surface area contributed by atoms with Crippen LogP contribution in [0.4, 0.5) is 0 Å². The molecule has 0 amide bonds. The number of hydrogen-bond acceptors (Lipinski definition) is 2. The summed E-state index contributed by atoms with van der Waals surface area (Å²) in [4.78, 5) is 1.50. The van der Waals surface area contributed by atoms with Crippen molar-refractivity contribution in [3.05, 3.63) is 20.8 Å². The molecule has 2 rings (SSSR count). The van der Waals surface area contributed by atoms with E-state index in [-0.39, 0.29) is 0 Å². The first-order valence-corrected chi connectivity index (χ1v) is 8.72. The summed E-state index contributed by atoms with van der Waals surface area (Å²) < 4.78 is 1.25. The van der Waals surface area contributed by atoms with Gasteiger partial charge in [0, 0.05) is 10.9 Å². The van der Waals surface area contributed by atoms with Crippen molar-refractivity contribution in [2.45, 2.75) is 58.4 Å². The van der Waals surface area contributed by atoms with Gasteiger partial charge < -0.3 is 5.32 Å². The van der Waals surface area contributed by atoms with Crippen LogP contribution in [0.2, 0.25) is 0 Å². The first kappa shape index (κ1) is 14.5. The van der Waals surface area contributed by atoms with Gasteiger partial charge in [-0.05, 0) is 59.3 Å². The zero-order valence-electron chi connectivity index (χ0n) is 11.5. The highest BCUT2D eigenvalue weighted by Crippen LogP contribution is 2.40. The van der Waals surface area contributed by atoms with Crippen molar-refractivity contribution >= 4 is 27.3 Å². The Labute approximate surface area is 123 Å². The van der Waals surface area contributed by atoms with Crippen LogP contribution in [0.15, 0.2) is 15.9 Å². The van der Waals surface area contributed by atoms with Crippen molar-refractivity contribution in [2.24, 2.45) is 5.41 Å². The molecule has 0 aliphatic heterocycles. The molecule has 0 radical (unpaired) electrons. The minimum Gasteiger partial charge on any atom is -0.313 e. The molecule has 1 fully saturated rings. The van der Waals surface area contributed by atoms with Crippen LogP contribution in [0.3, 0.4) is 0 Å². The Kier molecular flexibility index (Phi) is 5.28. The van der Waals surface area contributed by atoms with Gasteiger partial charge in [0.15, 0.2) is 0 Å². The second kappa shape index (κ2) is 6.53. The first-order chi connectivity index (χ1) is 8.64. The quantitative estimate of drug-likeness (QED) is 0.801. The van der Waals surface area contributed by atoms with Gasteiger partial charge in [0.25, 0.3) is 0 Å². The lowest BCUT2D eigenvalue weighted by Gasteiger charge is -2.41. The van der Waals surface area contributed by atoms with Crippen molar-refractivity contribution in [3.63, 3.8) is 0 Å². The normalized spacial score (nSPS) is 20.8. The topological polar surface area (TPSA) is 12.0 Å². The minimum absolute atomic E-state index is 0.491. The maximum Gasteiger partial charge on any atom is 0.0701 e. The molecule has 3 heteroatoms. The summed E-state index contributed by atoms with van der Waals surface area (Å²) in [7, 11) is 0. The summed E-state index contributed by atoms with van der Waals surface area (Å²) in [5.74, 6) is 0. The highest BCUT2D eigenvalue weighted by Gasteiger charge is 2.35. The minimum atomic E-state index is 0.491. The fraction of sp³-hybridized carbons (Fsp3) is 0.733. The van der Waals surface area contributed by atoms with Gasteiger partial charge in [-0.25, -0.2) is 0 Å². The van der Waals surface area contributed by atoms with Crippen molar-refractivity contribution < 1.29 is 0 Å². The molecule has 0 aromatic carbocycles. The van der Waals surface area contributed by atoms with E-state index in [0.29, 0.717) is 11.5 Å².